The predicted molar refractivity (Wildman–Crippen MR) is 124 cm³/mol. The summed E-state index contributed by atoms with van der Waals surface area (Å²) >= 11 is 3.29. The first-order valence-electron chi connectivity index (χ1n) is 10.5. The molecule has 8 heteroatoms. The molecule has 1 aliphatic rings. The first-order valence-corrected chi connectivity index (χ1v) is 11.3. The van der Waals surface area contributed by atoms with E-state index in [1.807, 2.05) is 0 Å². The number of aromatic hydroxyl groups is 1. The molecule has 0 radical (unpaired) electrons. The molecule has 0 spiro atoms. The van der Waals surface area contributed by atoms with Crippen LogP contribution in [0.3, 0.4) is 0 Å². The summed E-state index contributed by atoms with van der Waals surface area (Å²) in [5, 5.41) is 21.3. The highest BCUT2D eigenvalue weighted by molar-refractivity contribution is 9.10. The average Bonchev–Trinajstić information content (AvgIpc) is 3.03. The molecule has 2 aromatic carbocycles. The van der Waals surface area contributed by atoms with Gasteiger partial charge in [-0.15, -0.1) is 0 Å². The van der Waals surface area contributed by atoms with Crippen LogP contribution in [0.4, 0.5) is 4.39 Å². The minimum atomic E-state index is -0.884. The molecule has 1 aliphatic heterocycles. The van der Waals surface area contributed by atoms with Crippen LogP contribution in [0.1, 0.15) is 37.4 Å². The number of carbonyl (C=O) groups is 2. The van der Waals surface area contributed by atoms with E-state index >= 15 is 0 Å². The molecule has 0 aromatic heterocycles. The molecule has 1 saturated heterocycles. The Morgan fingerprint density at radius 1 is 1.12 bits per heavy atom. The Balaban J connectivity index is 2.06. The third-order valence-electron chi connectivity index (χ3n) is 5.71. The number of halogens is 2. The molecule has 1 heterocycles. The monoisotopic (exact) mass is 504 g/mol. The molecule has 0 unspecified atom stereocenters. The van der Waals surface area contributed by atoms with Gasteiger partial charge in [-0.05, 0) is 62.0 Å². The van der Waals surface area contributed by atoms with E-state index in [-0.39, 0.29) is 16.9 Å². The lowest BCUT2D eigenvalue weighted by Crippen LogP contribution is -2.33. The minimum Gasteiger partial charge on any atom is -0.507 e. The Morgan fingerprint density at radius 3 is 2.41 bits per heavy atom. The van der Waals surface area contributed by atoms with Crippen molar-refractivity contribution in [3.63, 3.8) is 0 Å². The van der Waals surface area contributed by atoms with Crippen molar-refractivity contribution in [1.29, 1.82) is 0 Å². The summed E-state index contributed by atoms with van der Waals surface area (Å²) in [4.78, 5) is 29.6. The predicted octanol–water partition coefficient (Wildman–Crippen LogP) is 4.45. The number of hydrogen-bond donors (Lipinski definition) is 2. The number of amides is 1. The van der Waals surface area contributed by atoms with Crippen molar-refractivity contribution in [1.82, 2.24) is 9.80 Å². The van der Waals surface area contributed by atoms with Gasteiger partial charge in [0.1, 0.15) is 17.3 Å². The second-order valence-corrected chi connectivity index (χ2v) is 8.50. The molecule has 2 N–H and O–H groups in total. The van der Waals surface area contributed by atoms with Crippen molar-refractivity contribution < 1.29 is 24.2 Å². The number of benzene rings is 2. The van der Waals surface area contributed by atoms with Gasteiger partial charge in [0.2, 0.25) is 0 Å². The van der Waals surface area contributed by atoms with E-state index in [9.17, 15) is 24.2 Å². The second-order valence-electron chi connectivity index (χ2n) is 7.59. The van der Waals surface area contributed by atoms with Crippen LogP contribution in [-0.4, -0.2) is 57.9 Å². The molecule has 1 amide bonds. The molecule has 0 saturated carbocycles. The third-order valence-corrected chi connectivity index (χ3v) is 6.20. The fourth-order valence-corrected chi connectivity index (χ4v) is 4.31. The summed E-state index contributed by atoms with van der Waals surface area (Å²) in [6, 6.07) is 9.06. The Morgan fingerprint density at radius 2 is 1.78 bits per heavy atom. The highest BCUT2D eigenvalue weighted by Gasteiger charge is 2.46. The third kappa shape index (κ3) is 4.86. The highest BCUT2D eigenvalue weighted by atomic mass is 79.9. The lowest BCUT2D eigenvalue weighted by molar-refractivity contribution is -0.140. The molecular formula is C24H26BrFN2O4. The van der Waals surface area contributed by atoms with Crippen molar-refractivity contribution in [2.24, 2.45) is 0 Å². The van der Waals surface area contributed by atoms with Crippen LogP contribution in [0.15, 0.2) is 52.5 Å². The van der Waals surface area contributed by atoms with Gasteiger partial charge in [-0.3, -0.25) is 9.59 Å². The molecule has 0 bridgehead atoms. The fraction of sp³-hybridized carbons (Fsp3) is 0.333. The molecule has 3 rings (SSSR count). The van der Waals surface area contributed by atoms with E-state index in [2.05, 4.69) is 34.7 Å². The first kappa shape index (κ1) is 23.9. The van der Waals surface area contributed by atoms with Gasteiger partial charge in [0, 0.05) is 11.0 Å². The molecule has 32 heavy (non-hydrogen) atoms. The van der Waals surface area contributed by atoms with Crippen LogP contribution in [0.5, 0.6) is 5.75 Å². The summed E-state index contributed by atoms with van der Waals surface area (Å²) < 4.78 is 14.1. The zero-order valence-electron chi connectivity index (χ0n) is 18.0. The van der Waals surface area contributed by atoms with E-state index in [0.29, 0.717) is 23.0 Å². The zero-order chi connectivity index (χ0) is 23.4. The van der Waals surface area contributed by atoms with Crippen LogP contribution in [0, 0.1) is 5.82 Å². The van der Waals surface area contributed by atoms with E-state index in [1.165, 1.54) is 41.3 Å². The van der Waals surface area contributed by atoms with E-state index in [0.717, 1.165) is 19.6 Å². The van der Waals surface area contributed by atoms with Crippen LogP contribution in [-0.2, 0) is 9.59 Å². The largest absolute Gasteiger partial charge is 0.507 e. The summed E-state index contributed by atoms with van der Waals surface area (Å²) in [6.07, 6.45) is 0.634. The van der Waals surface area contributed by atoms with Gasteiger partial charge in [-0.25, -0.2) is 4.39 Å². The average molecular weight is 505 g/mol. The van der Waals surface area contributed by atoms with Crippen LogP contribution < -0.4 is 0 Å². The van der Waals surface area contributed by atoms with Crippen LogP contribution >= 0.6 is 15.9 Å². The maximum absolute atomic E-state index is 13.6. The number of Topliss-reactive ketones (excluding diaryl/α,β-unsaturated/α-hetero) is 1. The topological polar surface area (TPSA) is 81.1 Å². The van der Waals surface area contributed by atoms with Crippen LogP contribution in [0.2, 0.25) is 0 Å². The lowest BCUT2D eigenvalue weighted by atomic mass is 9.95. The summed E-state index contributed by atoms with van der Waals surface area (Å²) in [6.45, 7) is 6.90. The first-order chi connectivity index (χ1) is 15.3. The number of carbonyl (C=O) groups excluding carboxylic acids is 2. The number of phenolic OH excluding ortho intramolecular Hbond substituents is 1. The van der Waals surface area contributed by atoms with E-state index in [4.69, 9.17) is 0 Å². The Labute approximate surface area is 195 Å². The second kappa shape index (κ2) is 10.3. The normalized spacial score (nSPS) is 18.0. The molecule has 0 aliphatic carbocycles. The maximum atomic E-state index is 13.6. The number of rotatable bonds is 8. The highest BCUT2D eigenvalue weighted by Crippen LogP contribution is 2.41. The number of aliphatic hydroxyl groups excluding tert-OH is 1. The molecule has 1 fully saturated rings. The van der Waals surface area contributed by atoms with Gasteiger partial charge < -0.3 is 20.0 Å². The standard InChI is InChI=1S/C24H26BrFN2O4/c1-3-27(4-2)12-5-13-28-21(15-6-9-17(26)10-7-15)20(23(31)24(28)32)22(30)18-14-16(25)8-11-19(18)29/h6-11,14,21,29-30H,3-5,12-13H2,1-2H3/t21-/m0/s1. The van der Waals surface area contributed by atoms with E-state index < -0.39 is 29.3 Å². The van der Waals surface area contributed by atoms with Gasteiger partial charge in [0.05, 0.1) is 17.2 Å². The van der Waals surface area contributed by atoms with Crippen LogP contribution in [0.25, 0.3) is 5.76 Å². The zero-order valence-corrected chi connectivity index (χ0v) is 19.6. The van der Waals surface area contributed by atoms with Crippen molar-refractivity contribution in [2.75, 3.05) is 26.2 Å². The van der Waals surface area contributed by atoms with Gasteiger partial charge in [0.15, 0.2) is 0 Å². The number of hydrogen-bond acceptors (Lipinski definition) is 5. The Hall–Kier alpha value is -2.71. The summed E-state index contributed by atoms with van der Waals surface area (Å²) in [5.41, 5.74) is 0.412. The number of ketones is 1. The molecule has 1 atom stereocenters. The summed E-state index contributed by atoms with van der Waals surface area (Å²) in [7, 11) is 0. The quantitative estimate of drug-likeness (QED) is 0.315. The lowest BCUT2D eigenvalue weighted by Gasteiger charge is -2.26. The minimum absolute atomic E-state index is 0.0348. The Kier molecular flexibility index (Phi) is 7.69. The number of likely N-dealkylation sites (tertiary alicyclic amines) is 1. The SMILES string of the molecule is CCN(CC)CCCN1C(=O)C(=O)C(=C(O)c2cc(Br)ccc2O)[C@@H]1c1ccc(F)cc1. The van der Waals surface area contributed by atoms with Gasteiger partial charge >= 0.3 is 0 Å². The van der Waals surface area contributed by atoms with Crippen molar-refractivity contribution in [2.45, 2.75) is 26.3 Å². The molecule has 2 aromatic rings. The van der Waals surface area contributed by atoms with Gasteiger partial charge in [-0.2, -0.15) is 0 Å². The number of phenols is 1. The maximum Gasteiger partial charge on any atom is 0.295 e. The van der Waals surface area contributed by atoms with Gasteiger partial charge in [0.25, 0.3) is 11.7 Å². The Bertz CT molecular complexity index is 1030. The van der Waals surface area contributed by atoms with Crippen molar-refractivity contribution in [3.05, 3.63) is 69.5 Å². The number of nitrogens with zero attached hydrogens (tertiary/aromatic N) is 2. The fourth-order valence-electron chi connectivity index (χ4n) is 3.95. The van der Waals surface area contributed by atoms with Crippen molar-refractivity contribution >= 4 is 33.4 Å². The summed E-state index contributed by atoms with van der Waals surface area (Å²) in [5.74, 6) is -2.70. The van der Waals surface area contributed by atoms with E-state index in [1.54, 1.807) is 6.07 Å². The molecule has 6 nitrogen and oxygen atoms in total. The number of aliphatic hydroxyl groups is 1. The van der Waals surface area contributed by atoms with Gasteiger partial charge in [-0.1, -0.05) is 41.9 Å². The molecule has 170 valence electrons. The van der Waals surface area contributed by atoms with Crippen molar-refractivity contribution in [3.8, 4) is 5.75 Å². The smallest absolute Gasteiger partial charge is 0.295 e. The molecular weight excluding hydrogens is 479 g/mol.